The van der Waals surface area contributed by atoms with Crippen molar-refractivity contribution in [3.63, 3.8) is 0 Å². The molecule has 64 heavy (non-hydrogen) atoms. The molecule has 4 heterocycles. The molecule has 0 saturated carbocycles. The summed E-state index contributed by atoms with van der Waals surface area (Å²) in [5.41, 5.74) is 10.1. The van der Waals surface area contributed by atoms with Crippen molar-refractivity contribution in [2.24, 2.45) is 4.99 Å². The highest BCUT2D eigenvalue weighted by Gasteiger charge is 2.38. The van der Waals surface area contributed by atoms with Crippen LogP contribution in [0.15, 0.2) is 96.0 Å². The SMILES string of the molecule is COCCN(C(=O)CC(C)(C)SC)c1cc(COc2cc3c(cc2C)C(=O)N2c4ccccc4C[C@H]2CC3)cc(COc2cc3c(cc2OC)C(=O)N2c4ccccc4C[C@H]2C=N3)c1. The second-order valence-corrected chi connectivity index (χ2v) is 19.1. The summed E-state index contributed by atoms with van der Waals surface area (Å²) >= 11 is 1.65. The number of aliphatic imine (C=N–C) groups is 1. The first-order valence-electron chi connectivity index (χ1n) is 21.9. The molecule has 0 aromatic heterocycles. The lowest BCUT2D eigenvalue weighted by atomic mass is 9.98. The number of hydrogen-bond donors (Lipinski definition) is 0. The summed E-state index contributed by atoms with van der Waals surface area (Å²) in [6.45, 7) is 7.16. The maximum Gasteiger partial charge on any atom is 0.261 e. The molecule has 0 aliphatic carbocycles. The number of nitrogens with zero attached hydrogens (tertiary/aromatic N) is 4. The Balaban J connectivity index is 1.01. The highest BCUT2D eigenvalue weighted by atomic mass is 32.2. The zero-order chi connectivity index (χ0) is 44.7. The van der Waals surface area contributed by atoms with E-state index in [9.17, 15) is 14.4 Å². The van der Waals surface area contributed by atoms with Crippen molar-refractivity contribution in [3.8, 4) is 17.2 Å². The fourth-order valence-corrected chi connectivity index (χ4v) is 9.67. The summed E-state index contributed by atoms with van der Waals surface area (Å²) in [5, 5.41) is 0. The van der Waals surface area contributed by atoms with Gasteiger partial charge in [-0.3, -0.25) is 24.3 Å². The minimum atomic E-state index is -0.275. The second kappa shape index (κ2) is 17.8. The predicted molar refractivity (Wildman–Crippen MR) is 254 cm³/mol. The number of carbonyl (C=O) groups excluding carboxylic acids is 3. The molecular formula is C52H54N4O7S. The third-order valence-electron chi connectivity index (χ3n) is 12.9. The van der Waals surface area contributed by atoms with Gasteiger partial charge in [0.05, 0.1) is 31.0 Å². The highest BCUT2D eigenvalue weighted by molar-refractivity contribution is 7.99. The van der Waals surface area contributed by atoms with Crippen LogP contribution in [0.3, 0.4) is 0 Å². The van der Waals surface area contributed by atoms with Gasteiger partial charge in [0, 0.05) is 72.2 Å². The van der Waals surface area contributed by atoms with Gasteiger partial charge in [0.15, 0.2) is 11.5 Å². The molecule has 12 heteroatoms. The summed E-state index contributed by atoms with van der Waals surface area (Å²) in [5.74, 6) is 1.43. The number of para-hydroxylation sites is 2. The van der Waals surface area contributed by atoms with E-state index in [4.69, 9.17) is 23.9 Å². The van der Waals surface area contributed by atoms with E-state index in [1.807, 2.05) is 95.9 Å². The third-order valence-corrected chi connectivity index (χ3v) is 14.1. The van der Waals surface area contributed by atoms with Crippen LogP contribution in [0.4, 0.5) is 22.7 Å². The van der Waals surface area contributed by atoms with Crippen LogP contribution in [-0.2, 0) is 42.0 Å². The molecule has 330 valence electrons. The van der Waals surface area contributed by atoms with Crippen molar-refractivity contribution in [2.75, 3.05) is 48.3 Å². The van der Waals surface area contributed by atoms with Crippen LogP contribution >= 0.6 is 11.8 Å². The van der Waals surface area contributed by atoms with Crippen LogP contribution in [0.2, 0.25) is 0 Å². The molecule has 0 unspecified atom stereocenters. The van der Waals surface area contributed by atoms with Crippen molar-refractivity contribution in [3.05, 3.63) is 136 Å². The lowest BCUT2D eigenvalue weighted by Gasteiger charge is -2.29. The largest absolute Gasteiger partial charge is 0.493 e. The van der Waals surface area contributed by atoms with Crippen LogP contribution < -0.4 is 28.9 Å². The number of thioether (sulfide) groups is 1. The number of amides is 3. The van der Waals surface area contributed by atoms with Gasteiger partial charge in [-0.05, 0) is 114 Å². The fourth-order valence-electron chi connectivity index (χ4n) is 9.40. The van der Waals surface area contributed by atoms with Crippen LogP contribution in [-0.4, -0.2) is 74.4 Å². The second-order valence-electron chi connectivity index (χ2n) is 17.6. The number of methoxy groups -OCH3 is 2. The molecule has 9 rings (SSSR count). The molecule has 0 bridgehead atoms. The van der Waals surface area contributed by atoms with Crippen molar-refractivity contribution >= 4 is 58.4 Å². The quantitative estimate of drug-likeness (QED) is 0.109. The smallest absolute Gasteiger partial charge is 0.261 e. The van der Waals surface area contributed by atoms with Gasteiger partial charge in [-0.15, -0.1) is 0 Å². The highest BCUT2D eigenvalue weighted by Crippen LogP contribution is 2.42. The Hall–Kier alpha value is -6.11. The molecule has 3 amide bonds. The lowest BCUT2D eigenvalue weighted by molar-refractivity contribution is -0.119. The minimum Gasteiger partial charge on any atom is -0.493 e. The number of ether oxygens (including phenoxy) is 4. The minimum absolute atomic E-state index is 0.0196. The van der Waals surface area contributed by atoms with Crippen molar-refractivity contribution in [1.29, 1.82) is 0 Å². The number of rotatable bonds is 14. The average molecular weight is 879 g/mol. The van der Waals surface area contributed by atoms with Crippen LogP contribution in [0.1, 0.15) is 80.8 Å². The normalized spacial score (nSPS) is 17.1. The molecule has 0 saturated heterocycles. The van der Waals surface area contributed by atoms with Crippen molar-refractivity contribution in [2.45, 2.75) is 82.9 Å². The zero-order valence-electron chi connectivity index (χ0n) is 37.3. The molecule has 4 aliphatic rings. The maximum absolute atomic E-state index is 14.1. The Bertz CT molecular complexity index is 2680. The Morgan fingerprint density at radius 1 is 0.797 bits per heavy atom. The van der Waals surface area contributed by atoms with Crippen LogP contribution in [0.5, 0.6) is 17.2 Å². The molecule has 2 atom stereocenters. The van der Waals surface area contributed by atoms with Crippen molar-refractivity contribution < 1.29 is 33.3 Å². The van der Waals surface area contributed by atoms with Gasteiger partial charge in [0.25, 0.3) is 11.8 Å². The van der Waals surface area contributed by atoms with E-state index in [0.29, 0.717) is 60.2 Å². The molecule has 0 N–H and O–H groups in total. The molecule has 5 aromatic carbocycles. The summed E-state index contributed by atoms with van der Waals surface area (Å²) in [6, 6.07) is 29.6. The lowest BCUT2D eigenvalue weighted by Crippen LogP contribution is -2.37. The Kier molecular flexibility index (Phi) is 12.0. The fraction of sp³-hybridized carbons (Fsp3) is 0.346. The van der Waals surface area contributed by atoms with E-state index in [1.54, 1.807) is 43.0 Å². The topological polar surface area (TPSA) is 110 Å². The third kappa shape index (κ3) is 8.36. The number of anilines is 3. The molecule has 0 radical (unpaired) electrons. The summed E-state index contributed by atoms with van der Waals surface area (Å²) in [6.07, 6.45) is 7.38. The number of carbonyl (C=O) groups is 3. The predicted octanol–water partition coefficient (Wildman–Crippen LogP) is 9.48. The number of fused-ring (bicyclic) bond motifs is 8. The molecule has 4 aliphatic heterocycles. The number of aryl methyl sites for hydroxylation is 2. The maximum atomic E-state index is 14.1. The van der Waals surface area contributed by atoms with E-state index in [0.717, 1.165) is 64.0 Å². The number of hydrogen-bond acceptors (Lipinski definition) is 9. The van der Waals surface area contributed by atoms with Crippen LogP contribution in [0.25, 0.3) is 0 Å². The van der Waals surface area contributed by atoms with Gasteiger partial charge in [-0.1, -0.05) is 50.2 Å². The van der Waals surface area contributed by atoms with E-state index in [2.05, 4.69) is 26.0 Å². The van der Waals surface area contributed by atoms with E-state index in [-0.39, 0.29) is 47.8 Å². The average Bonchev–Trinajstić information content (AvgIpc) is 3.79. The summed E-state index contributed by atoms with van der Waals surface area (Å²) < 4.78 is 24.2. The Morgan fingerprint density at radius 2 is 1.47 bits per heavy atom. The van der Waals surface area contributed by atoms with Gasteiger partial charge < -0.3 is 28.7 Å². The van der Waals surface area contributed by atoms with Crippen LogP contribution in [0, 0.1) is 6.92 Å². The van der Waals surface area contributed by atoms with E-state index < -0.39 is 0 Å². The first-order valence-corrected chi connectivity index (χ1v) is 23.1. The van der Waals surface area contributed by atoms with E-state index in [1.165, 1.54) is 5.56 Å². The molecule has 0 fully saturated rings. The molecular weight excluding hydrogens is 825 g/mol. The molecule has 0 spiro atoms. The Labute approximate surface area is 379 Å². The monoisotopic (exact) mass is 878 g/mol. The molecule has 11 nitrogen and oxygen atoms in total. The Morgan fingerprint density at radius 3 is 2.17 bits per heavy atom. The first kappa shape index (κ1) is 43.2. The van der Waals surface area contributed by atoms with Crippen molar-refractivity contribution in [1.82, 2.24) is 0 Å². The summed E-state index contributed by atoms with van der Waals surface area (Å²) in [7, 11) is 3.19. The van der Waals surface area contributed by atoms with Gasteiger partial charge in [0.2, 0.25) is 5.91 Å². The number of benzene rings is 5. The van der Waals surface area contributed by atoms with Gasteiger partial charge >= 0.3 is 0 Å². The van der Waals surface area contributed by atoms with Gasteiger partial charge in [-0.25, -0.2) is 0 Å². The van der Waals surface area contributed by atoms with E-state index >= 15 is 0 Å². The standard InChI is InChI=1S/C52H54N4O7S/c1-32-19-41-35(15-16-38-23-36-11-7-9-13-44(36)55(38)50(41)58)25-46(32)62-30-33-20-34(22-39(21-33)54(17-18-60-4)49(57)28-52(2,3)64-6)31-63-48-27-43-42(26-47(48)61-5)51(59)56-40(29-53-43)24-37-12-8-10-14-45(37)56/h7-14,19-22,25-27,29,38,40H,15-18,23-24,28,30-31H2,1-6H3/t38-,40+/m1/s1. The van der Waals surface area contributed by atoms with Gasteiger partial charge in [-0.2, -0.15) is 11.8 Å². The summed E-state index contributed by atoms with van der Waals surface area (Å²) in [4.78, 5) is 52.6. The first-order chi connectivity index (χ1) is 30.9. The van der Waals surface area contributed by atoms with Gasteiger partial charge in [0.1, 0.15) is 19.0 Å². The zero-order valence-corrected chi connectivity index (χ0v) is 38.1. The molecule has 5 aromatic rings.